The number of nitrogens with zero attached hydrogens (tertiary/aromatic N) is 2. The fourth-order valence-electron chi connectivity index (χ4n) is 1.98. The predicted molar refractivity (Wildman–Crippen MR) is 63.2 cm³/mol. The van der Waals surface area contributed by atoms with Crippen molar-refractivity contribution in [2.24, 2.45) is 7.05 Å². The normalized spacial score (nSPS) is 19.1. The van der Waals surface area contributed by atoms with Crippen molar-refractivity contribution < 1.29 is 19.0 Å². The molecule has 0 radical (unpaired) electrons. The number of methoxy groups -OCH3 is 1. The van der Waals surface area contributed by atoms with E-state index in [1.807, 2.05) is 0 Å². The van der Waals surface area contributed by atoms with Crippen LogP contribution < -0.4 is 0 Å². The number of aryl methyl sites for hydroxylation is 1. The van der Waals surface area contributed by atoms with Crippen LogP contribution in [0.4, 0.5) is 0 Å². The van der Waals surface area contributed by atoms with Gasteiger partial charge < -0.3 is 14.2 Å². The predicted octanol–water partition coefficient (Wildman–Crippen LogP) is 0.902. The van der Waals surface area contributed by atoms with E-state index in [4.69, 9.17) is 14.2 Å². The van der Waals surface area contributed by atoms with Crippen LogP contribution in [0.2, 0.25) is 0 Å². The molecule has 0 aromatic carbocycles. The first-order chi connectivity index (χ1) is 8.72. The van der Waals surface area contributed by atoms with E-state index in [1.54, 1.807) is 11.7 Å². The fraction of sp³-hybridized carbons (Fsp3) is 0.667. The number of aromatic nitrogens is 2. The molecule has 6 nitrogen and oxygen atoms in total. The van der Waals surface area contributed by atoms with Crippen molar-refractivity contribution >= 4 is 5.97 Å². The van der Waals surface area contributed by atoms with E-state index >= 15 is 0 Å². The molecule has 0 spiro atoms. The van der Waals surface area contributed by atoms with Crippen LogP contribution in [0.1, 0.15) is 28.9 Å². The van der Waals surface area contributed by atoms with Crippen LogP contribution in [0.3, 0.4) is 0 Å². The van der Waals surface area contributed by atoms with Gasteiger partial charge in [-0.1, -0.05) is 0 Å². The van der Waals surface area contributed by atoms with E-state index in [-0.39, 0.29) is 12.1 Å². The molecule has 0 amide bonds. The van der Waals surface area contributed by atoms with Crippen molar-refractivity contribution in [1.29, 1.82) is 0 Å². The first-order valence-corrected chi connectivity index (χ1v) is 6.01. The quantitative estimate of drug-likeness (QED) is 0.731. The second-order valence-corrected chi connectivity index (χ2v) is 4.27. The molecule has 1 aliphatic heterocycles. The van der Waals surface area contributed by atoms with Crippen LogP contribution in [0, 0.1) is 0 Å². The van der Waals surface area contributed by atoms with Crippen LogP contribution in [0.15, 0.2) is 6.20 Å². The maximum absolute atomic E-state index is 11.5. The van der Waals surface area contributed by atoms with Gasteiger partial charge >= 0.3 is 5.97 Å². The standard InChI is InChI=1S/C12H18N2O4/c1-14-11(10(6-13-14)12(15)16-2)8-17-7-9-4-3-5-18-9/h6,9H,3-5,7-8H2,1-2H3/t9-/m1/s1. The Bertz CT molecular complexity index is 410. The van der Waals surface area contributed by atoms with Crippen molar-refractivity contribution in [2.45, 2.75) is 25.6 Å². The van der Waals surface area contributed by atoms with Crippen LogP contribution in [0.5, 0.6) is 0 Å². The summed E-state index contributed by atoms with van der Waals surface area (Å²) in [6, 6.07) is 0. The Morgan fingerprint density at radius 1 is 1.67 bits per heavy atom. The molecule has 1 aromatic rings. The molecule has 1 saturated heterocycles. The Morgan fingerprint density at radius 3 is 3.17 bits per heavy atom. The Balaban J connectivity index is 1.91. The highest BCUT2D eigenvalue weighted by atomic mass is 16.5. The molecule has 1 aromatic heterocycles. The molecule has 1 aliphatic rings. The zero-order valence-electron chi connectivity index (χ0n) is 10.7. The lowest BCUT2D eigenvalue weighted by Gasteiger charge is -2.11. The largest absolute Gasteiger partial charge is 0.465 e. The van der Waals surface area contributed by atoms with Crippen molar-refractivity contribution in [2.75, 3.05) is 20.3 Å². The van der Waals surface area contributed by atoms with Gasteiger partial charge in [-0.05, 0) is 12.8 Å². The van der Waals surface area contributed by atoms with Gasteiger partial charge in [0.2, 0.25) is 0 Å². The van der Waals surface area contributed by atoms with Gasteiger partial charge in [-0.15, -0.1) is 0 Å². The van der Waals surface area contributed by atoms with Crippen molar-refractivity contribution in [1.82, 2.24) is 9.78 Å². The molecule has 1 fully saturated rings. The average Bonchev–Trinajstić information content (AvgIpc) is 3.00. The lowest BCUT2D eigenvalue weighted by atomic mass is 10.2. The molecule has 1 atom stereocenters. The summed E-state index contributed by atoms with van der Waals surface area (Å²) in [5.41, 5.74) is 1.17. The van der Waals surface area contributed by atoms with Gasteiger partial charge in [-0.25, -0.2) is 4.79 Å². The van der Waals surface area contributed by atoms with Crippen LogP contribution in [0.25, 0.3) is 0 Å². The van der Waals surface area contributed by atoms with E-state index in [2.05, 4.69) is 5.10 Å². The summed E-state index contributed by atoms with van der Waals surface area (Å²) in [4.78, 5) is 11.5. The van der Waals surface area contributed by atoms with Crippen molar-refractivity contribution in [3.63, 3.8) is 0 Å². The minimum atomic E-state index is -0.390. The number of hydrogen-bond acceptors (Lipinski definition) is 5. The molecule has 0 N–H and O–H groups in total. The molecule has 0 bridgehead atoms. The van der Waals surface area contributed by atoms with Gasteiger partial charge in [-0.3, -0.25) is 4.68 Å². The summed E-state index contributed by atoms with van der Waals surface area (Å²) in [7, 11) is 3.13. The Kier molecular flexibility index (Phi) is 4.33. The van der Waals surface area contributed by atoms with Gasteiger partial charge in [-0.2, -0.15) is 5.10 Å². The van der Waals surface area contributed by atoms with E-state index in [0.29, 0.717) is 18.8 Å². The summed E-state index contributed by atoms with van der Waals surface area (Å²) in [6.45, 7) is 1.69. The van der Waals surface area contributed by atoms with Crippen LogP contribution in [-0.4, -0.2) is 42.2 Å². The van der Waals surface area contributed by atoms with Gasteiger partial charge in [0.15, 0.2) is 0 Å². The maximum atomic E-state index is 11.5. The van der Waals surface area contributed by atoms with Crippen LogP contribution in [-0.2, 0) is 27.9 Å². The molecule has 0 unspecified atom stereocenters. The minimum absolute atomic E-state index is 0.180. The molecular formula is C12H18N2O4. The smallest absolute Gasteiger partial charge is 0.341 e. The summed E-state index contributed by atoms with van der Waals surface area (Å²) in [5, 5.41) is 4.04. The SMILES string of the molecule is COC(=O)c1cnn(C)c1COC[C@H]1CCCO1. The summed E-state index contributed by atoms with van der Waals surface area (Å²) >= 11 is 0. The average molecular weight is 254 g/mol. The monoisotopic (exact) mass is 254 g/mol. The number of carbonyl (C=O) groups excluding carboxylic acids is 1. The third kappa shape index (κ3) is 2.88. The van der Waals surface area contributed by atoms with E-state index in [1.165, 1.54) is 13.3 Å². The minimum Gasteiger partial charge on any atom is -0.465 e. The lowest BCUT2D eigenvalue weighted by molar-refractivity contribution is 0.00843. The Hall–Kier alpha value is -1.40. The molecule has 18 heavy (non-hydrogen) atoms. The highest BCUT2D eigenvalue weighted by Crippen LogP contribution is 2.14. The summed E-state index contributed by atoms with van der Waals surface area (Å²) < 4.78 is 17.4. The number of rotatable bonds is 5. The first-order valence-electron chi connectivity index (χ1n) is 6.01. The van der Waals surface area contributed by atoms with Gasteiger partial charge in [0.1, 0.15) is 5.56 Å². The van der Waals surface area contributed by atoms with Gasteiger partial charge in [0.25, 0.3) is 0 Å². The van der Waals surface area contributed by atoms with Gasteiger partial charge in [0.05, 0.1) is 38.3 Å². The third-order valence-electron chi connectivity index (χ3n) is 3.03. The molecule has 6 heteroatoms. The van der Waals surface area contributed by atoms with Gasteiger partial charge in [0, 0.05) is 13.7 Å². The molecule has 0 aliphatic carbocycles. The van der Waals surface area contributed by atoms with Crippen molar-refractivity contribution in [3.8, 4) is 0 Å². The number of carbonyl (C=O) groups is 1. The molecule has 2 heterocycles. The number of hydrogen-bond donors (Lipinski definition) is 0. The summed E-state index contributed by atoms with van der Waals surface area (Å²) in [6.07, 6.45) is 3.80. The number of ether oxygens (including phenoxy) is 3. The molecule has 2 rings (SSSR count). The molecule has 0 saturated carbocycles. The fourth-order valence-corrected chi connectivity index (χ4v) is 1.98. The third-order valence-corrected chi connectivity index (χ3v) is 3.03. The van der Waals surface area contributed by atoms with E-state index in [9.17, 15) is 4.79 Å². The lowest BCUT2D eigenvalue weighted by Crippen LogP contribution is -2.16. The van der Waals surface area contributed by atoms with Crippen LogP contribution >= 0.6 is 0 Å². The first kappa shape index (κ1) is 13.0. The van der Waals surface area contributed by atoms with E-state index in [0.717, 1.165) is 25.1 Å². The zero-order valence-corrected chi connectivity index (χ0v) is 10.7. The Morgan fingerprint density at radius 2 is 2.50 bits per heavy atom. The number of esters is 1. The summed E-state index contributed by atoms with van der Waals surface area (Å²) in [5.74, 6) is -0.390. The zero-order chi connectivity index (χ0) is 13.0. The molecule has 100 valence electrons. The topological polar surface area (TPSA) is 62.6 Å². The Labute approximate surface area is 106 Å². The second kappa shape index (κ2) is 5.97. The highest BCUT2D eigenvalue weighted by molar-refractivity contribution is 5.90. The second-order valence-electron chi connectivity index (χ2n) is 4.27. The highest BCUT2D eigenvalue weighted by Gasteiger charge is 2.19. The van der Waals surface area contributed by atoms with Crippen molar-refractivity contribution in [3.05, 3.63) is 17.5 Å². The van der Waals surface area contributed by atoms with E-state index < -0.39 is 0 Å². The molecular weight excluding hydrogens is 236 g/mol. The maximum Gasteiger partial charge on any atom is 0.341 e.